The molecule has 0 saturated heterocycles. The normalized spacial score (nSPS) is 17.6. The van der Waals surface area contributed by atoms with E-state index >= 15 is 0 Å². The highest BCUT2D eigenvalue weighted by atomic mass is 32.2. The second-order valence-corrected chi connectivity index (χ2v) is 7.17. The van der Waals surface area contributed by atoms with Crippen LogP contribution in [0.3, 0.4) is 0 Å². The number of fused-ring (bicyclic) bond motifs is 1. The molecule has 3 rings (SSSR count). The van der Waals surface area contributed by atoms with Gasteiger partial charge in [-0.1, -0.05) is 18.2 Å². The van der Waals surface area contributed by atoms with Crippen LogP contribution in [0.25, 0.3) is 0 Å². The van der Waals surface area contributed by atoms with E-state index in [1.54, 1.807) is 24.3 Å². The molecule has 0 aromatic heterocycles. The Labute approximate surface area is 129 Å². The zero-order valence-electron chi connectivity index (χ0n) is 12.2. The van der Waals surface area contributed by atoms with Gasteiger partial charge in [0, 0.05) is 23.8 Å². The number of halogens is 1. The van der Waals surface area contributed by atoms with Crippen LogP contribution >= 0.6 is 0 Å². The summed E-state index contributed by atoms with van der Waals surface area (Å²) in [7, 11) is -3.70. The highest BCUT2D eigenvalue weighted by Crippen LogP contribution is 2.35. The fraction of sp³-hybridized carbons (Fsp3) is 0.250. The van der Waals surface area contributed by atoms with Crippen molar-refractivity contribution in [3.05, 3.63) is 59.4 Å². The van der Waals surface area contributed by atoms with E-state index in [0.717, 1.165) is 11.3 Å². The van der Waals surface area contributed by atoms with Gasteiger partial charge in [-0.3, -0.25) is 0 Å². The van der Waals surface area contributed by atoms with Crippen LogP contribution in [0.2, 0.25) is 0 Å². The zero-order valence-corrected chi connectivity index (χ0v) is 13.0. The molecule has 2 aromatic rings. The van der Waals surface area contributed by atoms with E-state index in [1.807, 2.05) is 13.0 Å². The maximum Gasteiger partial charge on any atom is 0.238 e. The molecule has 1 aliphatic rings. The lowest BCUT2D eigenvalue weighted by atomic mass is 10.1. The molecule has 1 aliphatic heterocycles. The largest absolute Gasteiger partial charge is 0.364 e. The Bertz CT molecular complexity index is 821. The molecule has 0 aliphatic carbocycles. The molecule has 0 radical (unpaired) electrons. The highest BCUT2D eigenvalue weighted by Gasteiger charge is 2.27. The molecule has 1 atom stereocenters. The first-order valence-electron chi connectivity index (χ1n) is 7.02. The Balaban J connectivity index is 1.95. The molecule has 22 heavy (non-hydrogen) atoms. The van der Waals surface area contributed by atoms with Crippen LogP contribution in [0.4, 0.5) is 10.1 Å². The van der Waals surface area contributed by atoms with Gasteiger partial charge < -0.3 is 4.90 Å². The topological polar surface area (TPSA) is 63.4 Å². The summed E-state index contributed by atoms with van der Waals surface area (Å²) in [6, 6.07) is 11.7. The van der Waals surface area contributed by atoms with Crippen LogP contribution < -0.4 is 10.0 Å². The van der Waals surface area contributed by atoms with Crippen molar-refractivity contribution in [3.8, 4) is 0 Å². The quantitative estimate of drug-likeness (QED) is 0.944. The van der Waals surface area contributed by atoms with Gasteiger partial charge in [-0.15, -0.1) is 0 Å². The Morgan fingerprint density at radius 3 is 2.68 bits per heavy atom. The van der Waals surface area contributed by atoms with Gasteiger partial charge >= 0.3 is 0 Å². The molecule has 2 N–H and O–H groups in total. The summed E-state index contributed by atoms with van der Waals surface area (Å²) in [5, 5.41) is 5.17. The van der Waals surface area contributed by atoms with E-state index in [4.69, 9.17) is 5.14 Å². The minimum Gasteiger partial charge on any atom is -0.364 e. The molecular weight excluding hydrogens is 303 g/mol. The van der Waals surface area contributed by atoms with Crippen LogP contribution in [0, 0.1) is 5.82 Å². The Morgan fingerprint density at radius 1 is 1.27 bits per heavy atom. The molecule has 0 spiro atoms. The van der Waals surface area contributed by atoms with E-state index < -0.39 is 10.0 Å². The number of nitrogens with two attached hydrogens (primary N) is 1. The summed E-state index contributed by atoms with van der Waals surface area (Å²) in [6.07, 6.45) is 0.715. The second kappa shape index (κ2) is 5.37. The van der Waals surface area contributed by atoms with Crippen LogP contribution in [0.1, 0.15) is 18.1 Å². The number of nitrogens with zero attached hydrogens (tertiary/aromatic N) is 1. The van der Waals surface area contributed by atoms with Gasteiger partial charge in [0.15, 0.2) is 0 Å². The fourth-order valence-electron chi connectivity index (χ4n) is 2.90. The molecule has 2 aromatic carbocycles. The fourth-order valence-corrected chi connectivity index (χ4v) is 3.46. The molecular formula is C16H17FN2O2S. The van der Waals surface area contributed by atoms with Crippen LogP contribution in [0.15, 0.2) is 47.4 Å². The highest BCUT2D eigenvalue weighted by molar-refractivity contribution is 7.89. The lowest BCUT2D eigenvalue weighted by Gasteiger charge is -2.25. The summed E-state index contributed by atoms with van der Waals surface area (Å²) >= 11 is 0. The predicted molar refractivity (Wildman–Crippen MR) is 83.6 cm³/mol. The molecule has 0 unspecified atom stereocenters. The number of hydrogen-bond donors (Lipinski definition) is 1. The van der Waals surface area contributed by atoms with Gasteiger partial charge in [0.2, 0.25) is 10.0 Å². The summed E-state index contributed by atoms with van der Waals surface area (Å²) in [5.41, 5.74) is 2.48. The third-order valence-electron chi connectivity index (χ3n) is 4.03. The van der Waals surface area contributed by atoms with Crippen molar-refractivity contribution in [3.63, 3.8) is 0 Å². The number of sulfonamides is 1. The number of hydrogen-bond acceptors (Lipinski definition) is 3. The molecule has 6 heteroatoms. The Hall–Kier alpha value is -1.92. The van der Waals surface area contributed by atoms with E-state index in [2.05, 4.69) is 4.90 Å². The van der Waals surface area contributed by atoms with Gasteiger partial charge in [0.05, 0.1) is 4.90 Å². The van der Waals surface area contributed by atoms with Crippen LogP contribution in [0.5, 0.6) is 0 Å². The minimum atomic E-state index is -3.70. The first kappa shape index (κ1) is 15.0. The maximum absolute atomic E-state index is 13.8. The maximum atomic E-state index is 13.8. The van der Waals surface area contributed by atoms with Gasteiger partial charge in [0.1, 0.15) is 5.82 Å². The average molecular weight is 320 g/mol. The first-order valence-corrected chi connectivity index (χ1v) is 8.56. The standard InChI is InChI=1S/C16H17FN2O2S/c1-11-8-13-9-14(22(18,20)21)6-7-16(13)19(11)10-12-4-2-3-5-15(12)17/h2-7,9,11H,8,10H2,1H3,(H2,18,20,21)/t11-/m1/s1. The Morgan fingerprint density at radius 2 is 2.00 bits per heavy atom. The molecule has 0 amide bonds. The van der Waals surface area contributed by atoms with Gasteiger partial charge in [-0.25, -0.2) is 17.9 Å². The van der Waals surface area contributed by atoms with Crippen molar-refractivity contribution in [2.45, 2.75) is 30.8 Å². The molecule has 0 bridgehead atoms. The summed E-state index contributed by atoms with van der Waals surface area (Å²) < 4.78 is 36.7. The Kier molecular flexibility index (Phi) is 3.66. The van der Waals surface area contributed by atoms with Crippen molar-refractivity contribution in [2.24, 2.45) is 5.14 Å². The van der Waals surface area contributed by atoms with Crippen molar-refractivity contribution in [2.75, 3.05) is 4.90 Å². The summed E-state index contributed by atoms with van der Waals surface area (Å²) in [4.78, 5) is 2.20. The third-order valence-corrected chi connectivity index (χ3v) is 4.95. The SMILES string of the molecule is C[C@@H]1Cc2cc(S(N)(=O)=O)ccc2N1Cc1ccccc1F. The van der Waals surface area contributed by atoms with E-state index in [-0.39, 0.29) is 16.8 Å². The van der Waals surface area contributed by atoms with Gasteiger partial charge in [-0.05, 0) is 43.2 Å². The van der Waals surface area contributed by atoms with Crippen molar-refractivity contribution in [1.29, 1.82) is 0 Å². The van der Waals surface area contributed by atoms with Crippen molar-refractivity contribution >= 4 is 15.7 Å². The molecule has 4 nitrogen and oxygen atoms in total. The summed E-state index contributed by atoms with van der Waals surface area (Å²) in [6.45, 7) is 2.49. The monoisotopic (exact) mass is 320 g/mol. The van der Waals surface area contributed by atoms with Crippen LogP contribution in [-0.4, -0.2) is 14.5 Å². The number of benzene rings is 2. The molecule has 0 saturated carbocycles. The lowest BCUT2D eigenvalue weighted by molar-refractivity contribution is 0.593. The van der Waals surface area contributed by atoms with Gasteiger partial charge in [0.25, 0.3) is 0 Å². The average Bonchev–Trinajstić information content (AvgIpc) is 2.76. The molecule has 116 valence electrons. The van der Waals surface area contributed by atoms with Crippen LogP contribution in [-0.2, 0) is 23.0 Å². The van der Waals surface area contributed by atoms with Crippen molar-refractivity contribution < 1.29 is 12.8 Å². The zero-order chi connectivity index (χ0) is 15.9. The predicted octanol–water partition coefficient (Wildman–Crippen LogP) is 2.42. The van der Waals surface area contributed by atoms with E-state index in [0.29, 0.717) is 18.5 Å². The molecule has 0 fully saturated rings. The number of rotatable bonds is 3. The second-order valence-electron chi connectivity index (χ2n) is 5.61. The van der Waals surface area contributed by atoms with E-state index in [9.17, 15) is 12.8 Å². The first-order chi connectivity index (χ1) is 10.4. The van der Waals surface area contributed by atoms with E-state index in [1.165, 1.54) is 12.1 Å². The third kappa shape index (κ3) is 2.71. The number of primary sulfonamides is 1. The molecule has 1 heterocycles. The number of anilines is 1. The lowest BCUT2D eigenvalue weighted by Crippen LogP contribution is -2.29. The summed E-state index contributed by atoms with van der Waals surface area (Å²) in [5.74, 6) is -0.232. The smallest absolute Gasteiger partial charge is 0.238 e. The minimum absolute atomic E-state index is 0.117. The van der Waals surface area contributed by atoms with Crippen molar-refractivity contribution in [1.82, 2.24) is 0 Å². The van der Waals surface area contributed by atoms with Gasteiger partial charge in [-0.2, -0.15) is 0 Å².